The molecule has 1 aliphatic rings. The predicted molar refractivity (Wildman–Crippen MR) is 251 cm³/mol. The number of aliphatic imine (C=N–C) groups is 1. The molecule has 0 bridgehead atoms. The number of carboxylic acids is 2. The number of nitrogens with two attached hydrogens (primary N) is 2. The van der Waals surface area contributed by atoms with Crippen LogP contribution in [0.4, 0.5) is 0 Å². The predicted octanol–water partition coefficient (Wildman–Crippen LogP) is -2.42. The Morgan fingerprint density at radius 2 is 1.45 bits per heavy atom. The van der Waals surface area contributed by atoms with E-state index in [1.54, 1.807) is 46.9 Å². The third-order valence-electron chi connectivity index (χ3n) is 10.8. The first-order chi connectivity index (χ1) is 32.6. The van der Waals surface area contributed by atoms with E-state index in [0.717, 1.165) is 6.92 Å². The number of benzene rings is 1. The second-order valence-electron chi connectivity index (χ2n) is 16.8. The van der Waals surface area contributed by atoms with E-state index in [4.69, 9.17) is 26.5 Å². The zero-order valence-corrected chi connectivity index (χ0v) is 39.9. The molecule has 2 heterocycles. The van der Waals surface area contributed by atoms with Crippen LogP contribution >= 0.6 is 0 Å². The molecule has 3 rings (SSSR count). The number of guanidine groups is 1. The summed E-state index contributed by atoms with van der Waals surface area (Å²) in [5.74, 6) is -7.93. The number of amides is 7. The summed E-state index contributed by atoms with van der Waals surface area (Å²) in [5.41, 5.74) is 11.9. The second-order valence-corrected chi connectivity index (χ2v) is 16.8. The minimum absolute atomic E-state index is 0.0371. The normalized spacial score (nSPS) is 15.6. The number of likely N-dealkylation sites (N-methyl/N-ethyl adjacent to an activating group) is 1. The number of imidazole rings is 1. The number of nitrogens with one attached hydrogen (secondary N) is 8. The third-order valence-corrected chi connectivity index (χ3v) is 10.8. The Morgan fingerprint density at radius 1 is 0.841 bits per heavy atom. The second kappa shape index (κ2) is 29.4. The molecule has 7 amide bonds. The SMILES string of the molecule is CC(=O)O.CC[C@H](C)[C@H](NC(=O)[C@H](Cc1ccc(O)cc1)NC(=O)[C@@H](NC(=O)[C@H](CCCN=C(N)N)NC(=O)CNC)C(C)C)C(=O)N[C@@H](Cc1cnc[nH]1)C(=O)N1CCC[C@H]1C(=O)NCC(=O)O. The molecule has 382 valence electrons. The Morgan fingerprint density at radius 3 is 2.01 bits per heavy atom. The molecule has 69 heavy (non-hydrogen) atoms. The molecule has 0 radical (unpaired) electrons. The quantitative estimate of drug-likeness (QED) is 0.0265. The van der Waals surface area contributed by atoms with E-state index in [9.17, 15) is 43.5 Å². The zero-order valence-electron chi connectivity index (χ0n) is 39.9. The maximum Gasteiger partial charge on any atom is 0.322 e. The van der Waals surface area contributed by atoms with Crippen LogP contribution in [0.25, 0.3) is 0 Å². The number of aromatic amines is 1. The minimum atomic E-state index is -1.34. The molecule has 25 heteroatoms. The maximum atomic E-state index is 14.4. The van der Waals surface area contributed by atoms with Crippen molar-refractivity contribution >= 4 is 59.2 Å². The molecule has 15 N–H and O–H groups in total. The average molecular weight is 972 g/mol. The number of carboxylic acid groups (broad SMARTS) is 2. The van der Waals surface area contributed by atoms with Crippen LogP contribution in [-0.2, 0) is 56.0 Å². The van der Waals surface area contributed by atoms with Crippen molar-refractivity contribution in [1.82, 2.24) is 52.1 Å². The van der Waals surface area contributed by atoms with Crippen LogP contribution in [0.2, 0.25) is 0 Å². The number of aromatic hydroxyl groups is 1. The van der Waals surface area contributed by atoms with Crippen LogP contribution in [0.5, 0.6) is 5.75 Å². The monoisotopic (exact) mass is 972 g/mol. The molecule has 0 spiro atoms. The summed E-state index contributed by atoms with van der Waals surface area (Å²) >= 11 is 0. The highest BCUT2D eigenvalue weighted by Gasteiger charge is 2.40. The highest BCUT2D eigenvalue weighted by molar-refractivity contribution is 5.98. The topological polar surface area (TPSA) is 395 Å². The van der Waals surface area contributed by atoms with Gasteiger partial charge < -0.3 is 73.9 Å². The van der Waals surface area contributed by atoms with Gasteiger partial charge in [0, 0.05) is 44.7 Å². The van der Waals surface area contributed by atoms with Crippen molar-refractivity contribution in [2.45, 2.75) is 116 Å². The Labute approximate surface area is 400 Å². The van der Waals surface area contributed by atoms with E-state index in [-0.39, 0.29) is 57.0 Å². The standard InChI is InChI=1S/C42H65N13O10.C2H4O2/c1-6-24(4)35(40(64)52-30(18-26-19-46-22-49-26)41(65)55-16-8-10-31(55)38(62)48-21-33(58)59)54-37(61)29(17-25-11-13-27(56)14-12-25)51-39(63)34(23(2)3)53-36(60)28(50-32(57)20-45-5)9-7-15-47-42(43)44;1-2(3)4/h11-14,19,22-24,28-31,34-35,45,56H,6-10,15-18,20-21H2,1-5H3,(H,46,49)(H,48,62)(H,50,57)(H,51,63)(H,52,64)(H,53,60)(H,54,61)(H,58,59)(H4,43,44,47);1H3,(H,3,4)/t24-,28-,29-,30-,31-,34-,35-;/m0./s1. The van der Waals surface area contributed by atoms with Crippen molar-refractivity contribution in [3.05, 3.63) is 48.0 Å². The van der Waals surface area contributed by atoms with Crippen LogP contribution in [0.3, 0.4) is 0 Å². The van der Waals surface area contributed by atoms with E-state index in [2.05, 4.69) is 52.2 Å². The van der Waals surface area contributed by atoms with Crippen LogP contribution in [0.15, 0.2) is 41.8 Å². The van der Waals surface area contributed by atoms with Gasteiger partial charge in [-0.05, 0) is 62.3 Å². The summed E-state index contributed by atoms with van der Waals surface area (Å²) in [6.07, 6.45) is 4.26. The van der Waals surface area contributed by atoms with Gasteiger partial charge in [0.2, 0.25) is 41.4 Å². The Kier molecular flexibility index (Phi) is 24.7. The van der Waals surface area contributed by atoms with Gasteiger partial charge in [-0.2, -0.15) is 0 Å². The van der Waals surface area contributed by atoms with Gasteiger partial charge >= 0.3 is 5.97 Å². The molecular weight excluding hydrogens is 903 g/mol. The third kappa shape index (κ3) is 20.6. The molecule has 1 saturated heterocycles. The lowest BCUT2D eigenvalue weighted by Crippen LogP contribution is -2.62. The highest BCUT2D eigenvalue weighted by atomic mass is 16.4. The van der Waals surface area contributed by atoms with Crippen molar-refractivity contribution in [2.75, 3.05) is 33.2 Å². The van der Waals surface area contributed by atoms with Gasteiger partial charge in [-0.25, -0.2) is 4.98 Å². The number of carbonyl (C=O) groups excluding carboxylic acids is 7. The average Bonchev–Trinajstić information content (AvgIpc) is 4.00. The first-order valence-corrected chi connectivity index (χ1v) is 22.5. The molecule has 1 aromatic heterocycles. The number of aromatic nitrogens is 2. The van der Waals surface area contributed by atoms with E-state index in [1.165, 1.54) is 29.6 Å². The number of H-pyrrole nitrogens is 1. The van der Waals surface area contributed by atoms with Gasteiger partial charge in [-0.3, -0.25) is 48.1 Å². The fourth-order valence-electron chi connectivity index (χ4n) is 7.12. The smallest absolute Gasteiger partial charge is 0.322 e. The fraction of sp³-hybridized carbons (Fsp3) is 0.568. The molecule has 0 aliphatic carbocycles. The molecule has 25 nitrogen and oxygen atoms in total. The summed E-state index contributed by atoms with van der Waals surface area (Å²) in [5, 5.41) is 45.1. The summed E-state index contributed by atoms with van der Waals surface area (Å²) in [6.45, 7) is 7.62. The summed E-state index contributed by atoms with van der Waals surface area (Å²) in [7, 11) is 1.57. The Hall–Kier alpha value is -7.31. The van der Waals surface area contributed by atoms with E-state index in [1.807, 2.05) is 0 Å². The van der Waals surface area contributed by atoms with E-state index >= 15 is 0 Å². The minimum Gasteiger partial charge on any atom is -0.508 e. The Bertz CT molecular complexity index is 2060. The van der Waals surface area contributed by atoms with E-state index < -0.39 is 108 Å². The van der Waals surface area contributed by atoms with Crippen LogP contribution < -0.4 is 48.7 Å². The lowest BCUT2D eigenvalue weighted by atomic mass is 9.96. The van der Waals surface area contributed by atoms with Crippen LogP contribution in [0, 0.1) is 11.8 Å². The van der Waals surface area contributed by atoms with Gasteiger partial charge in [0.05, 0.1) is 12.9 Å². The number of aliphatic carboxylic acids is 2. The molecule has 1 aliphatic heterocycles. The number of nitrogens with zero attached hydrogens (tertiary/aromatic N) is 3. The van der Waals surface area contributed by atoms with Crippen molar-refractivity contribution in [3.63, 3.8) is 0 Å². The molecule has 1 fully saturated rings. The first kappa shape index (κ1) is 57.8. The first-order valence-electron chi connectivity index (χ1n) is 22.5. The highest BCUT2D eigenvalue weighted by Crippen LogP contribution is 2.21. The summed E-state index contributed by atoms with van der Waals surface area (Å²) in [6, 6.07) is -1.16. The number of rotatable bonds is 26. The van der Waals surface area contributed by atoms with Crippen LogP contribution in [-0.4, -0.2) is 159 Å². The summed E-state index contributed by atoms with van der Waals surface area (Å²) < 4.78 is 0. The van der Waals surface area contributed by atoms with Gasteiger partial charge in [0.25, 0.3) is 5.97 Å². The molecule has 7 atom stereocenters. The lowest BCUT2D eigenvalue weighted by molar-refractivity contribution is -0.143. The Balaban J connectivity index is 0.00000392. The number of phenols is 1. The number of phenolic OH excluding ortho intramolecular Hbond substituents is 1. The van der Waals surface area contributed by atoms with E-state index in [0.29, 0.717) is 30.5 Å². The van der Waals surface area contributed by atoms with Crippen molar-refractivity contribution in [2.24, 2.45) is 28.3 Å². The molecule has 0 unspecified atom stereocenters. The van der Waals surface area contributed by atoms with Gasteiger partial charge in [0.15, 0.2) is 5.96 Å². The number of likely N-dealkylation sites (tertiary alicyclic amines) is 1. The van der Waals surface area contributed by atoms with Gasteiger partial charge in [0.1, 0.15) is 48.5 Å². The number of hydrogen-bond donors (Lipinski definition) is 13. The van der Waals surface area contributed by atoms with Crippen molar-refractivity contribution in [1.29, 1.82) is 0 Å². The van der Waals surface area contributed by atoms with Crippen molar-refractivity contribution < 1.29 is 58.5 Å². The number of hydrogen-bond acceptors (Lipinski definition) is 13. The fourth-order valence-corrected chi connectivity index (χ4v) is 7.12. The maximum absolute atomic E-state index is 14.4. The molecule has 2 aromatic rings. The number of carbonyl (C=O) groups is 9. The summed E-state index contributed by atoms with van der Waals surface area (Å²) in [4.78, 5) is 128. The molecule has 0 saturated carbocycles. The largest absolute Gasteiger partial charge is 0.508 e. The molecular formula is C44H69N13O12. The molecule has 1 aromatic carbocycles. The van der Waals surface area contributed by atoms with Crippen LogP contribution in [0.1, 0.15) is 78.0 Å². The van der Waals surface area contributed by atoms with Gasteiger partial charge in [-0.1, -0.05) is 46.2 Å². The lowest BCUT2D eigenvalue weighted by Gasteiger charge is -2.31. The zero-order chi connectivity index (χ0) is 51.8. The van der Waals surface area contributed by atoms with Gasteiger partial charge in [-0.15, -0.1) is 0 Å². The van der Waals surface area contributed by atoms with Crippen molar-refractivity contribution in [3.8, 4) is 5.75 Å².